The first-order chi connectivity index (χ1) is 13.7. The van der Waals surface area contributed by atoms with Gasteiger partial charge in [-0.25, -0.2) is 9.97 Å². The van der Waals surface area contributed by atoms with Gasteiger partial charge in [0, 0.05) is 39.7 Å². The molecule has 1 unspecified atom stereocenters. The number of pyridine rings is 1. The second-order valence-corrected chi connectivity index (χ2v) is 7.45. The zero-order valence-corrected chi connectivity index (χ0v) is 16.5. The number of aromatic nitrogens is 3. The lowest BCUT2D eigenvalue weighted by Gasteiger charge is -2.37. The minimum Gasteiger partial charge on any atom is -0.382 e. The normalized spacial score (nSPS) is 15.4. The number of likely N-dealkylation sites (tertiary alicyclic amines) is 1. The largest absolute Gasteiger partial charge is 0.382 e. The topological polar surface area (TPSA) is 89.5 Å². The summed E-state index contributed by atoms with van der Waals surface area (Å²) in [5, 5.41) is 5.21. The molecule has 1 saturated heterocycles. The van der Waals surface area contributed by atoms with Crippen molar-refractivity contribution in [1.29, 1.82) is 0 Å². The first kappa shape index (κ1) is 18.7. The number of nitrogens with zero attached hydrogens (tertiary/aromatic N) is 4. The van der Waals surface area contributed by atoms with Crippen molar-refractivity contribution in [2.75, 3.05) is 39.2 Å². The van der Waals surface area contributed by atoms with Crippen LogP contribution < -0.4 is 5.32 Å². The van der Waals surface area contributed by atoms with E-state index in [-0.39, 0.29) is 18.1 Å². The van der Waals surface area contributed by atoms with E-state index < -0.39 is 0 Å². The molecule has 1 aliphatic heterocycles. The molecule has 1 amide bonds. The van der Waals surface area contributed by atoms with Crippen LogP contribution >= 0.6 is 11.3 Å². The number of methoxy groups -OCH3 is 2. The maximum absolute atomic E-state index is 13.0. The van der Waals surface area contributed by atoms with Crippen molar-refractivity contribution in [2.24, 2.45) is 0 Å². The van der Waals surface area contributed by atoms with E-state index in [0.717, 1.165) is 15.8 Å². The number of ether oxygens (including phenoxy) is 2. The van der Waals surface area contributed by atoms with E-state index in [0.29, 0.717) is 31.3 Å². The second-order valence-electron chi connectivity index (χ2n) is 6.54. The van der Waals surface area contributed by atoms with Crippen molar-refractivity contribution in [2.45, 2.75) is 12.1 Å². The highest BCUT2D eigenvalue weighted by Gasteiger charge is 2.33. The molecule has 0 spiro atoms. The lowest BCUT2D eigenvalue weighted by atomic mass is 10.1. The lowest BCUT2D eigenvalue weighted by Crippen LogP contribution is -2.54. The zero-order chi connectivity index (χ0) is 19.5. The van der Waals surface area contributed by atoms with Gasteiger partial charge in [-0.05, 0) is 23.1 Å². The summed E-state index contributed by atoms with van der Waals surface area (Å²) >= 11 is 1.47. The predicted molar refractivity (Wildman–Crippen MR) is 107 cm³/mol. The van der Waals surface area contributed by atoms with Crippen LogP contribution in [0.2, 0.25) is 0 Å². The van der Waals surface area contributed by atoms with E-state index >= 15 is 0 Å². The quantitative estimate of drug-likeness (QED) is 0.652. The number of hydrogen-bond donors (Lipinski definition) is 1. The molecule has 4 heterocycles. The van der Waals surface area contributed by atoms with Gasteiger partial charge in [0.05, 0.1) is 29.0 Å². The van der Waals surface area contributed by atoms with Crippen LogP contribution in [0.4, 0.5) is 5.95 Å². The highest BCUT2D eigenvalue weighted by atomic mass is 32.1. The summed E-state index contributed by atoms with van der Waals surface area (Å²) in [6, 6.07) is 5.55. The van der Waals surface area contributed by atoms with E-state index in [9.17, 15) is 4.79 Å². The lowest BCUT2D eigenvalue weighted by molar-refractivity contribution is -0.0193. The molecule has 3 aromatic heterocycles. The van der Waals surface area contributed by atoms with E-state index in [2.05, 4.69) is 20.3 Å². The minimum atomic E-state index is -0.181. The van der Waals surface area contributed by atoms with Crippen LogP contribution in [0.5, 0.6) is 0 Å². The number of hydrogen-bond acceptors (Lipinski definition) is 8. The molecule has 4 rings (SSSR count). The van der Waals surface area contributed by atoms with Gasteiger partial charge < -0.3 is 19.7 Å². The second kappa shape index (κ2) is 8.17. The Bertz CT molecular complexity index is 959. The number of amides is 1. The van der Waals surface area contributed by atoms with Gasteiger partial charge in [-0.3, -0.25) is 9.78 Å². The van der Waals surface area contributed by atoms with E-state index in [1.54, 1.807) is 31.5 Å². The summed E-state index contributed by atoms with van der Waals surface area (Å²) in [6.07, 6.45) is 3.59. The molecular weight excluding hydrogens is 378 g/mol. The van der Waals surface area contributed by atoms with Crippen LogP contribution in [0.1, 0.15) is 22.1 Å². The molecule has 0 bridgehead atoms. The Balaban J connectivity index is 1.63. The number of carbonyl (C=O) groups is 1. The summed E-state index contributed by atoms with van der Waals surface area (Å²) in [7, 11) is 3.30. The summed E-state index contributed by atoms with van der Waals surface area (Å²) in [4.78, 5) is 28.0. The fourth-order valence-electron chi connectivity index (χ4n) is 3.10. The van der Waals surface area contributed by atoms with Crippen molar-refractivity contribution in [3.8, 4) is 0 Å². The molecule has 0 saturated carbocycles. The highest BCUT2D eigenvalue weighted by Crippen LogP contribution is 2.27. The van der Waals surface area contributed by atoms with Gasteiger partial charge >= 0.3 is 0 Å². The van der Waals surface area contributed by atoms with Gasteiger partial charge in [0.25, 0.3) is 5.91 Å². The molecular formula is C19H21N5O3S. The number of rotatable bonds is 7. The Kier molecular flexibility index (Phi) is 5.47. The van der Waals surface area contributed by atoms with Crippen LogP contribution in [0.25, 0.3) is 10.2 Å². The SMILES string of the molecule is COCC(Nc1nc(C(=O)N2CC(OC)C2)c2sccc2n1)c1cccnc1. The smallest absolute Gasteiger partial charge is 0.274 e. The third-order valence-electron chi connectivity index (χ3n) is 4.70. The maximum atomic E-state index is 13.0. The number of fused-ring (bicyclic) bond motifs is 1. The Morgan fingerprint density at radius 1 is 1.36 bits per heavy atom. The number of anilines is 1. The van der Waals surface area contributed by atoms with E-state index in [1.807, 2.05) is 23.6 Å². The Morgan fingerprint density at radius 3 is 2.93 bits per heavy atom. The number of thiophene rings is 1. The monoisotopic (exact) mass is 399 g/mol. The molecule has 28 heavy (non-hydrogen) atoms. The highest BCUT2D eigenvalue weighted by molar-refractivity contribution is 7.17. The van der Waals surface area contributed by atoms with Crippen LogP contribution in [0.15, 0.2) is 36.0 Å². The molecule has 1 atom stereocenters. The zero-order valence-electron chi connectivity index (χ0n) is 15.7. The van der Waals surface area contributed by atoms with E-state index in [4.69, 9.17) is 9.47 Å². The van der Waals surface area contributed by atoms with Crippen LogP contribution in [-0.2, 0) is 9.47 Å². The Labute approximate surface area is 166 Å². The standard InChI is InChI=1S/C19H21N5O3S/c1-26-11-15(12-4-3-6-20-8-12)22-19-21-14-5-7-28-17(14)16(23-19)18(25)24-9-13(10-24)27-2/h3-8,13,15H,9-11H2,1-2H3,(H,21,22,23). The number of nitrogens with one attached hydrogen (secondary N) is 1. The van der Waals surface area contributed by atoms with Gasteiger partial charge in [-0.2, -0.15) is 0 Å². The molecule has 9 heteroatoms. The average Bonchev–Trinajstić information content (AvgIpc) is 3.15. The minimum absolute atomic E-state index is 0.0962. The fraction of sp³-hybridized carbons (Fsp3) is 0.368. The van der Waals surface area contributed by atoms with E-state index in [1.165, 1.54) is 11.3 Å². The van der Waals surface area contributed by atoms with Crippen LogP contribution in [0, 0.1) is 0 Å². The molecule has 1 fully saturated rings. The summed E-state index contributed by atoms with van der Waals surface area (Å²) in [6.45, 7) is 1.58. The predicted octanol–water partition coefficient (Wildman–Crippen LogP) is 2.36. The molecule has 0 radical (unpaired) electrons. The van der Waals surface area contributed by atoms with Crippen molar-refractivity contribution in [3.63, 3.8) is 0 Å². The molecule has 0 aliphatic carbocycles. The van der Waals surface area contributed by atoms with Gasteiger partial charge in [0.2, 0.25) is 5.95 Å². The summed E-state index contributed by atoms with van der Waals surface area (Å²) in [5.74, 6) is 0.292. The van der Waals surface area contributed by atoms with Gasteiger partial charge in [0.1, 0.15) is 0 Å². The fourth-order valence-corrected chi connectivity index (χ4v) is 3.91. The molecule has 3 aromatic rings. The summed E-state index contributed by atoms with van der Waals surface area (Å²) in [5.41, 5.74) is 2.12. The Morgan fingerprint density at radius 2 is 2.21 bits per heavy atom. The van der Waals surface area contributed by atoms with Crippen molar-refractivity contribution in [1.82, 2.24) is 19.9 Å². The van der Waals surface area contributed by atoms with Crippen molar-refractivity contribution in [3.05, 3.63) is 47.2 Å². The summed E-state index contributed by atoms with van der Waals surface area (Å²) < 4.78 is 11.4. The van der Waals surface area contributed by atoms with Gasteiger partial charge in [-0.1, -0.05) is 6.07 Å². The third-order valence-corrected chi connectivity index (χ3v) is 5.61. The maximum Gasteiger partial charge on any atom is 0.274 e. The first-order valence-electron chi connectivity index (χ1n) is 8.92. The molecule has 8 nitrogen and oxygen atoms in total. The van der Waals surface area contributed by atoms with Gasteiger partial charge in [0.15, 0.2) is 5.69 Å². The number of carbonyl (C=O) groups excluding carboxylic acids is 1. The van der Waals surface area contributed by atoms with Crippen molar-refractivity contribution >= 4 is 33.4 Å². The molecule has 0 aromatic carbocycles. The third kappa shape index (κ3) is 3.68. The van der Waals surface area contributed by atoms with Crippen LogP contribution in [-0.4, -0.2) is 65.8 Å². The first-order valence-corrected chi connectivity index (χ1v) is 9.80. The molecule has 1 aliphatic rings. The Hall–Kier alpha value is -2.62. The van der Waals surface area contributed by atoms with Gasteiger partial charge in [-0.15, -0.1) is 11.3 Å². The van der Waals surface area contributed by atoms with Crippen LogP contribution in [0.3, 0.4) is 0 Å². The van der Waals surface area contributed by atoms with Crippen molar-refractivity contribution < 1.29 is 14.3 Å². The molecule has 146 valence electrons. The molecule has 1 N–H and O–H groups in total. The average molecular weight is 399 g/mol.